The molecule has 6 heteroatoms. The lowest BCUT2D eigenvalue weighted by Crippen LogP contribution is -2.35. The van der Waals surface area contributed by atoms with Gasteiger partial charge in [-0.05, 0) is 37.3 Å². The largest absolute Gasteiger partial charge is 0.355 e. The molecule has 1 fully saturated rings. The first-order valence-corrected chi connectivity index (χ1v) is 9.59. The molecule has 1 amide bonds. The fourth-order valence-electron chi connectivity index (χ4n) is 2.19. The smallest absolute Gasteiger partial charge is 0.233 e. The average molecular weight is 324 g/mol. The van der Waals surface area contributed by atoms with Crippen LogP contribution in [0.2, 0.25) is 0 Å². The van der Waals surface area contributed by atoms with E-state index >= 15 is 0 Å². The van der Waals surface area contributed by atoms with E-state index in [1.165, 1.54) is 12.8 Å². The van der Waals surface area contributed by atoms with Crippen molar-refractivity contribution in [3.05, 3.63) is 35.9 Å². The van der Waals surface area contributed by atoms with Gasteiger partial charge in [-0.3, -0.25) is 4.79 Å². The van der Waals surface area contributed by atoms with Gasteiger partial charge in [-0.1, -0.05) is 30.3 Å². The lowest BCUT2D eigenvalue weighted by atomic mass is 10.2. The number of benzene rings is 1. The van der Waals surface area contributed by atoms with E-state index in [0.717, 1.165) is 18.0 Å². The Morgan fingerprint density at radius 3 is 2.59 bits per heavy atom. The van der Waals surface area contributed by atoms with Crippen LogP contribution >= 0.6 is 0 Å². The van der Waals surface area contributed by atoms with Crippen LogP contribution < -0.4 is 10.6 Å². The van der Waals surface area contributed by atoms with Gasteiger partial charge in [-0.25, -0.2) is 8.42 Å². The van der Waals surface area contributed by atoms with Gasteiger partial charge < -0.3 is 10.6 Å². The van der Waals surface area contributed by atoms with Crippen molar-refractivity contribution in [2.75, 3.05) is 25.4 Å². The summed E-state index contributed by atoms with van der Waals surface area (Å²) >= 11 is 0. The molecule has 122 valence electrons. The highest BCUT2D eigenvalue weighted by atomic mass is 32.2. The van der Waals surface area contributed by atoms with E-state index in [2.05, 4.69) is 10.6 Å². The lowest BCUT2D eigenvalue weighted by molar-refractivity contribution is -0.120. The molecule has 0 aliphatic heterocycles. The maximum atomic E-state index is 12.0. The van der Waals surface area contributed by atoms with Crippen molar-refractivity contribution in [3.8, 4) is 0 Å². The van der Waals surface area contributed by atoms with Crippen LogP contribution in [-0.2, 0) is 20.4 Å². The molecule has 1 aliphatic carbocycles. The molecule has 5 nitrogen and oxygen atoms in total. The maximum Gasteiger partial charge on any atom is 0.233 e. The first-order valence-electron chi connectivity index (χ1n) is 7.77. The summed E-state index contributed by atoms with van der Waals surface area (Å²) in [6.45, 7) is 1.62. The van der Waals surface area contributed by atoms with Crippen LogP contribution in [0.5, 0.6) is 0 Å². The maximum absolute atomic E-state index is 12.0. The van der Waals surface area contributed by atoms with Gasteiger partial charge >= 0.3 is 0 Å². The Balaban J connectivity index is 1.57. The second-order valence-electron chi connectivity index (χ2n) is 5.86. The molecule has 22 heavy (non-hydrogen) atoms. The molecule has 0 spiro atoms. The Morgan fingerprint density at radius 2 is 1.91 bits per heavy atom. The van der Waals surface area contributed by atoms with Gasteiger partial charge in [-0.2, -0.15) is 0 Å². The molecule has 0 aromatic heterocycles. The van der Waals surface area contributed by atoms with E-state index in [0.29, 0.717) is 19.5 Å². The second-order valence-corrected chi connectivity index (χ2v) is 8.04. The van der Waals surface area contributed by atoms with Crippen LogP contribution in [-0.4, -0.2) is 39.7 Å². The number of hydrogen-bond acceptors (Lipinski definition) is 4. The second kappa shape index (κ2) is 8.29. The van der Waals surface area contributed by atoms with E-state index in [1.807, 2.05) is 30.3 Å². The average Bonchev–Trinajstić information content (AvgIpc) is 3.28. The predicted molar refractivity (Wildman–Crippen MR) is 87.2 cm³/mol. The van der Waals surface area contributed by atoms with E-state index in [1.54, 1.807) is 0 Å². The van der Waals surface area contributed by atoms with Crippen molar-refractivity contribution in [1.82, 2.24) is 10.6 Å². The normalized spacial score (nSPS) is 14.7. The zero-order valence-electron chi connectivity index (χ0n) is 12.8. The van der Waals surface area contributed by atoms with Gasteiger partial charge in [0, 0.05) is 6.54 Å². The Kier molecular flexibility index (Phi) is 6.39. The quantitative estimate of drug-likeness (QED) is 0.632. The first-order chi connectivity index (χ1) is 10.6. The number of hydrogen-bond donors (Lipinski definition) is 2. The zero-order chi connectivity index (χ0) is 15.8. The first kappa shape index (κ1) is 17.0. The van der Waals surface area contributed by atoms with Crippen LogP contribution in [0.25, 0.3) is 0 Å². The zero-order valence-corrected chi connectivity index (χ0v) is 13.6. The van der Waals surface area contributed by atoms with Crippen LogP contribution in [0.3, 0.4) is 0 Å². The molecule has 2 N–H and O–H groups in total. The predicted octanol–water partition coefficient (Wildman–Crippen LogP) is 1.11. The molecule has 0 bridgehead atoms. The molecule has 0 atom stereocenters. The van der Waals surface area contributed by atoms with Gasteiger partial charge in [0.05, 0.1) is 18.1 Å². The summed E-state index contributed by atoms with van der Waals surface area (Å²) in [6, 6.07) is 9.15. The standard InChI is InChI=1S/C16H24N2O3S/c19-16(12-17-11-14-7-8-14)18-9-4-10-22(20,21)13-15-5-2-1-3-6-15/h1-3,5-6,14,17H,4,7-13H2,(H,18,19). The van der Waals surface area contributed by atoms with E-state index < -0.39 is 9.84 Å². The Bertz CT molecular complexity index is 568. The number of carbonyl (C=O) groups excluding carboxylic acids is 1. The van der Waals surface area contributed by atoms with Crippen molar-refractivity contribution in [2.24, 2.45) is 5.92 Å². The minimum Gasteiger partial charge on any atom is -0.355 e. The molecule has 0 heterocycles. The number of rotatable bonds is 10. The lowest BCUT2D eigenvalue weighted by Gasteiger charge is -2.07. The SMILES string of the molecule is O=C(CNCC1CC1)NCCCS(=O)(=O)Cc1ccccc1. The third-order valence-electron chi connectivity index (χ3n) is 3.60. The minimum absolute atomic E-state index is 0.0602. The molecule has 0 saturated heterocycles. The number of carbonyl (C=O) groups is 1. The van der Waals surface area contributed by atoms with Gasteiger partial charge in [0.2, 0.25) is 5.91 Å². The number of amides is 1. The molecular weight excluding hydrogens is 300 g/mol. The summed E-state index contributed by atoms with van der Waals surface area (Å²) in [7, 11) is -3.12. The highest BCUT2D eigenvalue weighted by Crippen LogP contribution is 2.27. The van der Waals surface area contributed by atoms with Gasteiger partial charge in [-0.15, -0.1) is 0 Å². The fraction of sp³-hybridized carbons (Fsp3) is 0.562. The van der Waals surface area contributed by atoms with E-state index in [-0.39, 0.29) is 17.4 Å². The van der Waals surface area contributed by atoms with Gasteiger partial charge in [0.15, 0.2) is 9.84 Å². The summed E-state index contributed by atoms with van der Waals surface area (Å²) in [6.07, 6.45) is 2.96. The molecule has 0 radical (unpaired) electrons. The van der Waals surface area contributed by atoms with Crippen molar-refractivity contribution in [3.63, 3.8) is 0 Å². The molecule has 0 unspecified atom stereocenters. The molecule has 1 aromatic carbocycles. The molecule has 1 saturated carbocycles. The highest BCUT2D eigenvalue weighted by Gasteiger charge is 2.20. The van der Waals surface area contributed by atoms with Crippen molar-refractivity contribution in [1.29, 1.82) is 0 Å². The number of sulfone groups is 1. The van der Waals surface area contributed by atoms with Crippen LogP contribution in [0.15, 0.2) is 30.3 Å². The Hall–Kier alpha value is -1.40. The summed E-state index contributed by atoms with van der Waals surface area (Å²) in [5, 5.41) is 5.85. The van der Waals surface area contributed by atoms with Crippen molar-refractivity contribution < 1.29 is 13.2 Å². The summed E-state index contributed by atoms with van der Waals surface area (Å²) < 4.78 is 23.9. The van der Waals surface area contributed by atoms with Crippen LogP contribution in [0, 0.1) is 5.92 Å². The summed E-state index contributed by atoms with van der Waals surface area (Å²) in [5.74, 6) is 0.833. The van der Waals surface area contributed by atoms with Gasteiger partial charge in [0.1, 0.15) is 0 Å². The monoisotopic (exact) mass is 324 g/mol. The number of nitrogens with one attached hydrogen (secondary N) is 2. The highest BCUT2D eigenvalue weighted by molar-refractivity contribution is 7.90. The third kappa shape index (κ3) is 7.04. The topological polar surface area (TPSA) is 75.3 Å². The van der Waals surface area contributed by atoms with Crippen LogP contribution in [0.4, 0.5) is 0 Å². The molecule has 2 rings (SSSR count). The van der Waals surface area contributed by atoms with E-state index in [4.69, 9.17) is 0 Å². The van der Waals surface area contributed by atoms with Crippen molar-refractivity contribution >= 4 is 15.7 Å². The molecular formula is C16H24N2O3S. The Morgan fingerprint density at radius 1 is 1.18 bits per heavy atom. The molecule has 1 aromatic rings. The minimum atomic E-state index is -3.12. The van der Waals surface area contributed by atoms with E-state index in [9.17, 15) is 13.2 Å². The summed E-state index contributed by atoms with van der Waals surface area (Å²) in [5.41, 5.74) is 0.802. The Labute approximate surface area is 132 Å². The molecule has 1 aliphatic rings. The van der Waals surface area contributed by atoms with Gasteiger partial charge in [0.25, 0.3) is 0 Å². The third-order valence-corrected chi connectivity index (χ3v) is 5.28. The van der Waals surface area contributed by atoms with Crippen molar-refractivity contribution in [2.45, 2.75) is 25.0 Å². The van der Waals surface area contributed by atoms with Crippen LogP contribution in [0.1, 0.15) is 24.8 Å². The summed E-state index contributed by atoms with van der Waals surface area (Å²) in [4.78, 5) is 11.5. The fourth-order valence-corrected chi connectivity index (χ4v) is 3.62.